The van der Waals surface area contributed by atoms with Crippen molar-refractivity contribution in [2.24, 2.45) is 5.92 Å². The Bertz CT molecular complexity index is 989. The SMILES string of the molecule is O=C(N[C@@H]1CCCC[C@H]1NC(=O)C1CCN(C(=O)c2cccc(F)c2)CC1)c1ccccc1. The van der Waals surface area contributed by atoms with E-state index in [2.05, 4.69) is 10.6 Å². The van der Waals surface area contributed by atoms with E-state index >= 15 is 0 Å². The lowest BCUT2D eigenvalue weighted by Crippen LogP contribution is -2.55. The Hall–Kier alpha value is -3.22. The van der Waals surface area contributed by atoms with Crippen molar-refractivity contribution in [3.8, 4) is 0 Å². The van der Waals surface area contributed by atoms with Gasteiger partial charge < -0.3 is 15.5 Å². The first-order valence-electron chi connectivity index (χ1n) is 11.7. The number of benzene rings is 2. The fourth-order valence-electron chi connectivity index (χ4n) is 4.77. The molecule has 2 fully saturated rings. The highest BCUT2D eigenvalue weighted by molar-refractivity contribution is 5.95. The molecule has 2 N–H and O–H groups in total. The molecule has 1 heterocycles. The average Bonchev–Trinajstić information content (AvgIpc) is 2.85. The summed E-state index contributed by atoms with van der Waals surface area (Å²) in [6, 6.07) is 14.6. The fraction of sp³-hybridized carbons (Fsp3) is 0.423. The van der Waals surface area contributed by atoms with E-state index < -0.39 is 5.82 Å². The number of carbonyl (C=O) groups excluding carboxylic acids is 3. The number of nitrogens with zero attached hydrogens (tertiary/aromatic N) is 1. The van der Waals surface area contributed by atoms with Gasteiger partial charge in [0.05, 0.1) is 0 Å². The molecule has 0 unspecified atom stereocenters. The molecule has 2 aromatic carbocycles. The molecule has 2 aliphatic rings. The fourth-order valence-corrected chi connectivity index (χ4v) is 4.77. The van der Waals surface area contributed by atoms with Gasteiger partial charge in [-0.15, -0.1) is 0 Å². The summed E-state index contributed by atoms with van der Waals surface area (Å²) in [5.74, 6) is -0.945. The molecule has 1 saturated carbocycles. The minimum atomic E-state index is -0.434. The smallest absolute Gasteiger partial charge is 0.253 e. The monoisotopic (exact) mass is 451 g/mol. The normalized spacial score (nSPS) is 21.3. The lowest BCUT2D eigenvalue weighted by Gasteiger charge is -2.36. The van der Waals surface area contributed by atoms with Crippen molar-refractivity contribution in [2.75, 3.05) is 13.1 Å². The second-order valence-electron chi connectivity index (χ2n) is 8.92. The van der Waals surface area contributed by atoms with Gasteiger partial charge in [0.2, 0.25) is 5.91 Å². The molecule has 0 aromatic heterocycles. The van der Waals surface area contributed by atoms with Gasteiger partial charge in [0.15, 0.2) is 0 Å². The maximum atomic E-state index is 13.4. The van der Waals surface area contributed by atoms with Crippen molar-refractivity contribution in [1.29, 1.82) is 0 Å². The highest BCUT2D eigenvalue weighted by Gasteiger charge is 2.32. The number of amides is 3. The molecule has 1 aliphatic heterocycles. The number of halogens is 1. The molecule has 0 bridgehead atoms. The van der Waals surface area contributed by atoms with Gasteiger partial charge in [0.1, 0.15) is 5.82 Å². The predicted octanol–water partition coefficient (Wildman–Crippen LogP) is 3.54. The molecule has 3 amide bonds. The molecule has 6 nitrogen and oxygen atoms in total. The summed E-state index contributed by atoms with van der Waals surface area (Å²) in [6.45, 7) is 0.929. The van der Waals surface area contributed by atoms with Crippen molar-refractivity contribution >= 4 is 17.7 Å². The second-order valence-corrected chi connectivity index (χ2v) is 8.92. The predicted molar refractivity (Wildman–Crippen MR) is 123 cm³/mol. The highest BCUT2D eigenvalue weighted by Crippen LogP contribution is 2.23. The number of hydrogen-bond acceptors (Lipinski definition) is 3. The molecule has 7 heteroatoms. The summed E-state index contributed by atoms with van der Waals surface area (Å²) < 4.78 is 13.4. The quantitative estimate of drug-likeness (QED) is 0.730. The average molecular weight is 452 g/mol. The Morgan fingerprint density at radius 3 is 2.09 bits per heavy atom. The minimum Gasteiger partial charge on any atom is -0.351 e. The summed E-state index contributed by atoms with van der Waals surface area (Å²) in [6.07, 6.45) is 4.85. The van der Waals surface area contributed by atoms with Crippen molar-refractivity contribution in [3.63, 3.8) is 0 Å². The van der Waals surface area contributed by atoms with Crippen molar-refractivity contribution in [1.82, 2.24) is 15.5 Å². The van der Waals surface area contributed by atoms with E-state index in [0.717, 1.165) is 25.7 Å². The molecule has 1 saturated heterocycles. The molecular formula is C26H30FN3O3. The molecule has 2 atom stereocenters. The topological polar surface area (TPSA) is 78.5 Å². The van der Waals surface area contributed by atoms with E-state index in [-0.39, 0.29) is 35.7 Å². The van der Waals surface area contributed by atoms with E-state index in [1.807, 2.05) is 18.2 Å². The third kappa shape index (κ3) is 5.78. The molecule has 2 aromatic rings. The van der Waals surface area contributed by atoms with Gasteiger partial charge in [0, 0.05) is 42.2 Å². The van der Waals surface area contributed by atoms with Gasteiger partial charge >= 0.3 is 0 Å². The van der Waals surface area contributed by atoms with Gasteiger partial charge in [-0.25, -0.2) is 4.39 Å². The van der Waals surface area contributed by atoms with Gasteiger partial charge in [-0.05, 0) is 56.0 Å². The maximum Gasteiger partial charge on any atom is 0.253 e. The largest absolute Gasteiger partial charge is 0.351 e. The van der Waals surface area contributed by atoms with E-state index in [0.29, 0.717) is 37.1 Å². The van der Waals surface area contributed by atoms with Crippen LogP contribution in [0.4, 0.5) is 4.39 Å². The van der Waals surface area contributed by atoms with Crippen LogP contribution in [0, 0.1) is 11.7 Å². The summed E-state index contributed by atoms with van der Waals surface area (Å²) in [5.41, 5.74) is 0.945. The third-order valence-corrected chi connectivity index (χ3v) is 6.67. The van der Waals surface area contributed by atoms with Crippen LogP contribution in [0.3, 0.4) is 0 Å². The zero-order valence-electron chi connectivity index (χ0n) is 18.6. The summed E-state index contributed by atoms with van der Waals surface area (Å²) in [7, 11) is 0. The van der Waals surface area contributed by atoms with Crippen LogP contribution in [-0.2, 0) is 4.79 Å². The first-order valence-corrected chi connectivity index (χ1v) is 11.7. The van der Waals surface area contributed by atoms with Crippen LogP contribution in [0.5, 0.6) is 0 Å². The van der Waals surface area contributed by atoms with Crippen LogP contribution in [0.15, 0.2) is 54.6 Å². The maximum absolute atomic E-state index is 13.4. The number of piperidine rings is 1. The zero-order chi connectivity index (χ0) is 23.2. The Kier molecular flexibility index (Phi) is 7.37. The molecule has 174 valence electrons. The lowest BCUT2D eigenvalue weighted by atomic mass is 9.88. The Balaban J connectivity index is 1.30. The lowest BCUT2D eigenvalue weighted by molar-refractivity contribution is -0.127. The summed E-state index contributed by atoms with van der Waals surface area (Å²) in [5, 5.41) is 6.27. The Morgan fingerprint density at radius 1 is 0.788 bits per heavy atom. The summed E-state index contributed by atoms with van der Waals surface area (Å²) in [4.78, 5) is 39.9. The zero-order valence-corrected chi connectivity index (χ0v) is 18.6. The standard InChI is InChI=1S/C26H30FN3O3/c27-21-10-6-9-20(17-21)26(33)30-15-13-19(14-16-30)25(32)29-23-12-5-4-11-22(23)28-24(31)18-7-2-1-3-8-18/h1-3,6-10,17,19,22-23H,4-5,11-16H2,(H,28,31)(H,29,32)/t22-,23-/m1/s1. The van der Waals surface area contributed by atoms with Crippen molar-refractivity contribution in [3.05, 3.63) is 71.5 Å². The van der Waals surface area contributed by atoms with Gasteiger partial charge in [-0.2, -0.15) is 0 Å². The van der Waals surface area contributed by atoms with Gasteiger partial charge in [0.25, 0.3) is 11.8 Å². The first kappa shape index (κ1) is 23.0. The van der Waals surface area contributed by atoms with Crippen LogP contribution < -0.4 is 10.6 Å². The van der Waals surface area contributed by atoms with Crippen molar-refractivity contribution < 1.29 is 18.8 Å². The van der Waals surface area contributed by atoms with Crippen molar-refractivity contribution in [2.45, 2.75) is 50.6 Å². The number of hydrogen-bond donors (Lipinski definition) is 2. The number of likely N-dealkylation sites (tertiary alicyclic amines) is 1. The number of rotatable bonds is 5. The molecule has 0 spiro atoms. The van der Waals surface area contributed by atoms with Crippen LogP contribution in [0.25, 0.3) is 0 Å². The number of nitrogens with one attached hydrogen (secondary N) is 2. The molecule has 0 radical (unpaired) electrons. The van der Waals surface area contributed by atoms with Gasteiger partial charge in [-0.3, -0.25) is 14.4 Å². The Labute approximate surface area is 193 Å². The Morgan fingerprint density at radius 2 is 1.42 bits per heavy atom. The minimum absolute atomic E-state index is 0.0151. The van der Waals surface area contributed by atoms with E-state index in [4.69, 9.17) is 0 Å². The van der Waals surface area contributed by atoms with Crippen LogP contribution in [0.1, 0.15) is 59.2 Å². The van der Waals surface area contributed by atoms with E-state index in [9.17, 15) is 18.8 Å². The molecule has 33 heavy (non-hydrogen) atoms. The van der Waals surface area contributed by atoms with Crippen LogP contribution in [-0.4, -0.2) is 47.8 Å². The summed E-state index contributed by atoms with van der Waals surface area (Å²) >= 11 is 0. The second kappa shape index (κ2) is 10.6. The molecular weight excluding hydrogens is 421 g/mol. The molecule has 1 aliphatic carbocycles. The van der Waals surface area contributed by atoms with E-state index in [1.54, 1.807) is 23.1 Å². The van der Waals surface area contributed by atoms with Crippen LogP contribution >= 0.6 is 0 Å². The number of carbonyl (C=O) groups is 3. The van der Waals surface area contributed by atoms with Gasteiger partial charge in [-0.1, -0.05) is 37.1 Å². The third-order valence-electron chi connectivity index (χ3n) is 6.67. The highest BCUT2D eigenvalue weighted by atomic mass is 19.1. The van der Waals surface area contributed by atoms with E-state index in [1.165, 1.54) is 18.2 Å². The molecule has 4 rings (SSSR count). The van der Waals surface area contributed by atoms with Crippen LogP contribution in [0.2, 0.25) is 0 Å². The first-order chi connectivity index (χ1) is 16.0.